The zero-order valence-corrected chi connectivity index (χ0v) is 19.8. The van der Waals surface area contributed by atoms with Crippen molar-refractivity contribution in [3.05, 3.63) is 82.4 Å². The van der Waals surface area contributed by atoms with Crippen LogP contribution in [0.4, 0.5) is 0 Å². The van der Waals surface area contributed by atoms with Crippen LogP contribution in [0.15, 0.2) is 54.6 Å². The van der Waals surface area contributed by atoms with E-state index in [1.54, 1.807) is 28.4 Å². The van der Waals surface area contributed by atoms with Gasteiger partial charge in [0.25, 0.3) is 0 Å². The highest BCUT2D eigenvalue weighted by Gasteiger charge is 2.40. The normalized spacial score (nSPS) is 19.2. The van der Waals surface area contributed by atoms with Crippen molar-refractivity contribution < 1.29 is 18.9 Å². The molecular formula is C28H31NO4. The molecule has 0 radical (unpaired) electrons. The lowest BCUT2D eigenvalue weighted by molar-refractivity contribution is 0.124. The van der Waals surface area contributed by atoms with Gasteiger partial charge in [0.2, 0.25) is 0 Å². The maximum absolute atomic E-state index is 5.69. The molecule has 3 aromatic rings. The van der Waals surface area contributed by atoms with Gasteiger partial charge in [0.05, 0.1) is 28.4 Å². The lowest BCUT2D eigenvalue weighted by Gasteiger charge is -2.46. The van der Waals surface area contributed by atoms with Crippen molar-refractivity contribution in [3.63, 3.8) is 0 Å². The van der Waals surface area contributed by atoms with Gasteiger partial charge in [0, 0.05) is 25.0 Å². The van der Waals surface area contributed by atoms with Gasteiger partial charge in [-0.3, -0.25) is 4.90 Å². The summed E-state index contributed by atoms with van der Waals surface area (Å²) in [5.74, 6) is 3.53. The van der Waals surface area contributed by atoms with Crippen LogP contribution in [0.5, 0.6) is 23.0 Å². The fourth-order valence-electron chi connectivity index (χ4n) is 5.60. The molecule has 0 spiro atoms. The first-order valence-electron chi connectivity index (χ1n) is 11.4. The van der Waals surface area contributed by atoms with Gasteiger partial charge in [-0.25, -0.2) is 0 Å². The molecule has 0 bridgehead atoms. The third-order valence-corrected chi connectivity index (χ3v) is 7.11. The second-order valence-electron chi connectivity index (χ2n) is 8.79. The van der Waals surface area contributed by atoms with E-state index < -0.39 is 0 Å². The highest BCUT2D eigenvalue weighted by molar-refractivity contribution is 5.55. The Morgan fingerprint density at radius 1 is 0.727 bits per heavy atom. The average Bonchev–Trinajstić information content (AvgIpc) is 2.87. The first-order valence-corrected chi connectivity index (χ1v) is 11.4. The van der Waals surface area contributed by atoms with Crippen molar-refractivity contribution >= 4 is 0 Å². The van der Waals surface area contributed by atoms with Gasteiger partial charge in [0.1, 0.15) is 0 Å². The average molecular weight is 446 g/mol. The van der Waals surface area contributed by atoms with E-state index in [9.17, 15) is 0 Å². The summed E-state index contributed by atoms with van der Waals surface area (Å²) in [6, 6.07) is 19.7. The summed E-state index contributed by atoms with van der Waals surface area (Å²) >= 11 is 0. The van der Waals surface area contributed by atoms with Crippen LogP contribution < -0.4 is 18.9 Å². The molecule has 1 aliphatic heterocycles. The second kappa shape index (κ2) is 8.99. The highest BCUT2D eigenvalue weighted by atomic mass is 16.5. The summed E-state index contributed by atoms with van der Waals surface area (Å²) in [6.45, 7) is 1.73. The van der Waals surface area contributed by atoms with Crippen molar-refractivity contribution in [2.45, 2.75) is 37.9 Å². The number of hydrogen-bond donors (Lipinski definition) is 0. The fraction of sp³-hybridized carbons (Fsp3) is 0.357. The topological polar surface area (TPSA) is 40.2 Å². The lowest BCUT2D eigenvalue weighted by Crippen LogP contribution is -2.39. The Balaban J connectivity index is 1.65. The molecule has 0 N–H and O–H groups in total. The number of aryl methyl sites for hydroxylation is 1. The third kappa shape index (κ3) is 3.80. The van der Waals surface area contributed by atoms with E-state index in [4.69, 9.17) is 18.9 Å². The molecule has 0 aromatic heterocycles. The van der Waals surface area contributed by atoms with E-state index in [1.165, 1.54) is 27.8 Å². The van der Waals surface area contributed by atoms with Crippen LogP contribution in [0.25, 0.3) is 0 Å². The lowest BCUT2D eigenvalue weighted by atomic mass is 9.71. The van der Waals surface area contributed by atoms with Gasteiger partial charge in [0.15, 0.2) is 23.0 Å². The van der Waals surface area contributed by atoms with Crippen molar-refractivity contribution in [3.8, 4) is 23.0 Å². The first-order chi connectivity index (χ1) is 16.2. The first kappa shape index (κ1) is 21.7. The molecule has 3 aromatic carbocycles. The predicted octanol–water partition coefficient (Wildman–Crippen LogP) is 5.51. The van der Waals surface area contributed by atoms with Gasteiger partial charge >= 0.3 is 0 Å². The van der Waals surface area contributed by atoms with E-state index >= 15 is 0 Å². The van der Waals surface area contributed by atoms with E-state index in [1.807, 2.05) is 0 Å². The molecule has 5 heteroatoms. The fourth-order valence-corrected chi connectivity index (χ4v) is 5.60. The number of benzene rings is 3. The van der Waals surface area contributed by atoms with Gasteiger partial charge in [-0.1, -0.05) is 30.3 Å². The van der Waals surface area contributed by atoms with Crippen LogP contribution in [-0.2, 0) is 19.5 Å². The van der Waals surface area contributed by atoms with Crippen LogP contribution in [0.3, 0.4) is 0 Å². The Morgan fingerprint density at radius 3 is 1.94 bits per heavy atom. The van der Waals surface area contributed by atoms with Gasteiger partial charge in [-0.05, 0) is 64.9 Å². The van der Waals surface area contributed by atoms with E-state index in [-0.39, 0.29) is 6.04 Å². The third-order valence-electron chi connectivity index (χ3n) is 7.11. The zero-order valence-electron chi connectivity index (χ0n) is 19.8. The summed E-state index contributed by atoms with van der Waals surface area (Å²) in [5.41, 5.74) is 6.67. The molecule has 5 nitrogen and oxygen atoms in total. The van der Waals surface area contributed by atoms with E-state index in [2.05, 4.69) is 59.5 Å². The quantitative estimate of drug-likeness (QED) is 0.501. The van der Waals surface area contributed by atoms with Gasteiger partial charge in [-0.15, -0.1) is 0 Å². The van der Waals surface area contributed by atoms with Gasteiger partial charge < -0.3 is 18.9 Å². The summed E-state index contributed by atoms with van der Waals surface area (Å²) in [4.78, 5) is 2.60. The number of ether oxygens (including phenoxy) is 4. The highest BCUT2D eigenvalue weighted by Crippen LogP contribution is 2.52. The van der Waals surface area contributed by atoms with Crippen LogP contribution in [-0.4, -0.2) is 33.3 Å². The van der Waals surface area contributed by atoms with Crippen LogP contribution in [0.2, 0.25) is 0 Å². The molecule has 1 heterocycles. The van der Waals surface area contributed by atoms with Gasteiger partial charge in [-0.2, -0.15) is 0 Å². The minimum absolute atomic E-state index is 0.249. The molecule has 2 aliphatic rings. The predicted molar refractivity (Wildman–Crippen MR) is 129 cm³/mol. The van der Waals surface area contributed by atoms with Crippen molar-refractivity contribution in [1.82, 2.24) is 4.90 Å². The Kier molecular flexibility index (Phi) is 5.90. The Labute approximate surface area is 195 Å². The Morgan fingerprint density at radius 2 is 1.30 bits per heavy atom. The summed E-state index contributed by atoms with van der Waals surface area (Å²) in [7, 11) is 6.82. The molecule has 0 unspecified atom stereocenters. The molecule has 5 rings (SSSR count). The number of nitrogens with zero attached hydrogens (tertiary/aromatic N) is 1. The van der Waals surface area contributed by atoms with E-state index in [0.717, 1.165) is 48.9 Å². The minimum Gasteiger partial charge on any atom is -0.493 e. The van der Waals surface area contributed by atoms with Crippen molar-refractivity contribution in [1.29, 1.82) is 0 Å². The van der Waals surface area contributed by atoms with E-state index in [0.29, 0.717) is 5.92 Å². The Hall–Kier alpha value is -3.18. The molecule has 0 amide bonds. The van der Waals surface area contributed by atoms with Crippen LogP contribution >= 0.6 is 0 Å². The maximum atomic E-state index is 5.69. The molecule has 0 saturated carbocycles. The van der Waals surface area contributed by atoms with Crippen molar-refractivity contribution in [2.75, 3.05) is 28.4 Å². The molecule has 172 valence electrons. The number of rotatable bonds is 6. The smallest absolute Gasteiger partial charge is 0.161 e. The van der Waals surface area contributed by atoms with Crippen molar-refractivity contribution in [2.24, 2.45) is 0 Å². The molecule has 33 heavy (non-hydrogen) atoms. The maximum Gasteiger partial charge on any atom is 0.161 e. The Bertz CT molecular complexity index is 1140. The summed E-state index contributed by atoms with van der Waals surface area (Å²) in [5, 5.41) is 0. The molecule has 2 atom stereocenters. The minimum atomic E-state index is 0.249. The molecular weight excluding hydrogens is 414 g/mol. The standard InChI is InChI=1S/C28H31NO4/c1-30-24-12-19-10-11-21-22-14-26(32-3)25(31-2)13-20(22)17-29(16-18-8-6-5-7-9-18)28(21)23(19)15-27(24)33-4/h5-9,12-15,21,28H,10-11,16-17H2,1-4H3/t21-,28+/m0/s1. The monoisotopic (exact) mass is 445 g/mol. The zero-order chi connectivity index (χ0) is 22.9. The number of methoxy groups -OCH3 is 4. The largest absolute Gasteiger partial charge is 0.493 e. The number of fused-ring (bicyclic) bond motifs is 5. The summed E-state index contributed by atoms with van der Waals surface area (Å²) < 4.78 is 22.6. The molecule has 1 aliphatic carbocycles. The summed E-state index contributed by atoms with van der Waals surface area (Å²) in [6.07, 6.45) is 2.07. The SMILES string of the molecule is COc1cc2c(cc1OC)[C@@H]1CCc3cc(OC)c(OC)cc3[C@@H]1N(Cc1ccccc1)C2. The van der Waals surface area contributed by atoms with Crippen LogP contribution in [0.1, 0.15) is 46.2 Å². The molecule has 0 saturated heterocycles. The number of hydrogen-bond acceptors (Lipinski definition) is 5. The second-order valence-corrected chi connectivity index (χ2v) is 8.79. The molecule has 0 fully saturated rings. The van der Waals surface area contributed by atoms with Crippen LogP contribution in [0, 0.1) is 0 Å².